The minimum atomic E-state index is -0.792. The second-order valence-corrected chi connectivity index (χ2v) is 5.27. The fourth-order valence-corrected chi connectivity index (χ4v) is 2.53. The van der Waals surface area contributed by atoms with Crippen LogP contribution in [-0.4, -0.2) is 24.0 Å². The molecule has 100 valence electrons. The highest BCUT2D eigenvalue weighted by Gasteiger charge is 2.26. The van der Waals surface area contributed by atoms with Crippen LogP contribution in [0, 0.1) is 17.6 Å². The molecule has 1 aliphatic heterocycles. The van der Waals surface area contributed by atoms with Gasteiger partial charge in [-0.1, -0.05) is 13.0 Å². The van der Waals surface area contributed by atoms with Crippen LogP contribution in [0.3, 0.4) is 0 Å². The normalized spacial score (nSPS) is 27.2. The molecule has 3 unspecified atom stereocenters. The molecule has 1 aromatic carbocycles. The average molecular weight is 254 g/mol. The van der Waals surface area contributed by atoms with E-state index in [1.54, 1.807) is 6.07 Å². The first-order valence-corrected chi connectivity index (χ1v) is 6.43. The third-order valence-electron chi connectivity index (χ3n) is 3.98. The van der Waals surface area contributed by atoms with Crippen LogP contribution in [0.1, 0.15) is 31.9 Å². The lowest BCUT2D eigenvalue weighted by Gasteiger charge is -2.38. The van der Waals surface area contributed by atoms with Crippen molar-refractivity contribution in [1.82, 2.24) is 4.90 Å². The van der Waals surface area contributed by atoms with E-state index < -0.39 is 11.6 Å². The molecule has 0 radical (unpaired) electrons. The summed E-state index contributed by atoms with van der Waals surface area (Å²) in [6, 6.07) is 4.48. The summed E-state index contributed by atoms with van der Waals surface area (Å²) in [7, 11) is 0. The van der Waals surface area contributed by atoms with Crippen molar-refractivity contribution in [2.75, 3.05) is 13.1 Å². The summed E-state index contributed by atoms with van der Waals surface area (Å²) in [6.07, 6.45) is 0.954. The molecule has 4 heteroatoms. The summed E-state index contributed by atoms with van der Waals surface area (Å²) < 4.78 is 26.1. The van der Waals surface area contributed by atoms with Crippen LogP contribution < -0.4 is 5.73 Å². The number of nitrogens with two attached hydrogens (primary N) is 1. The fraction of sp³-hybridized carbons (Fsp3) is 0.571. The minimum Gasteiger partial charge on any atom is -0.327 e. The van der Waals surface area contributed by atoms with Gasteiger partial charge in [-0.2, -0.15) is 0 Å². The van der Waals surface area contributed by atoms with Gasteiger partial charge in [0.2, 0.25) is 0 Å². The molecule has 1 aliphatic rings. The zero-order valence-electron chi connectivity index (χ0n) is 10.9. The number of halogens is 2. The molecular formula is C14H20F2N2. The average Bonchev–Trinajstić information content (AvgIpc) is 2.35. The van der Waals surface area contributed by atoms with Gasteiger partial charge in [0.05, 0.1) is 0 Å². The Morgan fingerprint density at radius 1 is 1.33 bits per heavy atom. The summed E-state index contributed by atoms with van der Waals surface area (Å²) in [6.45, 7) is 5.97. The maximum atomic E-state index is 13.2. The van der Waals surface area contributed by atoms with Crippen molar-refractivity contribution in [3.63, 3.8) is 0 Å². The van der Waals surface area contributed by atoms with E-state index in [9.17, 15) is 8.78 Å². The molecule has 2 nitrogen and oxygen atoms in total. The quantitative estimate of drug-likeness (QED) is 0.879. The Bertz CT molecular complexity index is 422. The van der Waals surface area contributed by atoms with Gasteiger partial charge < -0.3 is 5.73 Å². The van der Waals surface area contributed by atoms with Crippen LogP contribution in [0.2, 0.25) is 0 Å². The maximum Gasteiger partial charge on any atom is 0.159 e. The molecule has 2 rings (SSSR count). The molecule has 0 amide bonds. The van der Waals surface area contributed by atoms with E-state index in [0.29, 0.717) is 5.92 Å². The highest BCUT2D eigenvalue weighted by molar-refractivity contribution is 5.21. The van der Waals surface area contributed by atoms with E-state index >= 15 is 0 Å². The zero-order chi connectivity index (χ0) is 13.3. The SMILES string of the molecule is CC1CN(C(C)c2ccc(F)c(F)c2)CCC1N. The smallest absolute Gasteiger partial charge is 0.159 e. The van der Waals surface area contributed by atoms with Crippen LogP contribution in [0.4, 0.5) is 8.78 Å². The number of hydrogen-bond donors (Lipinski definition) is 1. The van der Waals surface area contributed by atoms with Crippen LogP contribution in [-0.2, 0) is 0 Å². The van der Waals surface area contributed by atoms with Crippen molar-refractivity contribution < 1.29 is 8.78 Å². The Morgan fingerprint density at radius 2 is 2.06 bits per heavy atom. The number of nitrogens with zero attached hydrogens (tertiary/aromatic N) is 1. The first-order valence-electron chi connectivity index (χ1n) is 6.43. The minimum absolute atomic E-state index is 0.0926. The molecule has 2 N–H and O–H groups in total. The monoisotopic (exact) mass is 254 g/mol. The topological polar surface area (TPSA) is 29.3 Å². The van der Waals surface area contributed by atoms with Gasteiger partial charge in [-0.3, -0.25) is 4.90 Å². The Morgan fingerprint density at radius 3 is 2.67 bits per heavy atom. The molecule has 1 aromatic rings. The summed E-state index contributed by atoms with van der Waals surface area (Å²) in [5.74, 6) is -1.13. The predicted molar refractivity (Wildman–Crippen MR) is 68.1 cm³/mol. The predicted octanol–water partition coefficient (Wildman–Crippen LogP) is 2.69. The standard InChI is InChI=1S/C14H20F2N2/c1-9-8-18(6-5-14(9)17)10(2)11-3-4-12(15)13(16)7-11/h3-4,7,9-10,14H,5-6,8,17H2,1-2H3. The van der Waals surface area contributed by atoms with Crippen molar-refractivity contribution in [2.24, 2.45) is 11.7 Å². The molecule has 1 heterocycles. The number of hydrogen-bond acceptors (Lipinski definition) is 2. The Labute approximate surface area is 107 Å². The molecular weight excluding hydrogens is 234 g/mol. The molecule has 0 bridgehead atoms. The second kappa shape index (κ2) is 5.33. The molecule has 18 heavy (non-hydrogen) atoms. The third kappa shape index (κ3) is 2.70. The number of piperidine rings is 1. The Balaban J connectivity index is 2.11. The highest BCUT2D eigenvalue weighted by atomic mass is 19.2. The molecule has 0 aromatic heterocycles. The summed E-state index contributed by atoms with van der Waals surface area (Å²) in [4.78, 5) is 2.28. The van der Waals surface area contributed by atoms with E-state index in [1.807, 2.05) is 6.92 Å². The maximum absolute atomic E-state index is 13.2. The van der Waals surface area contributed by atoms with E-state index in [-0.39, 0.29) is 12.1 Å². The summed E-state index contributed by atoms with van der Waals surface area (Å²) in [5, 5.41) is 0. The molecule has 0 spiro atoms. The lowest BCUT2D eigenvalue weighted by Crippen LogP contribution is -2.46. The van der Waals surface area contributed by atoms with Gasteiger partial charge in [-0.15, -0.1) is 0 Å². The van der Waals surface area contributed by atoms with Crippen LogP contribution in [0.15, 0.2) is 18.2 Å². The van der Waals surface area contributed by atoms with Gasteiger partial charge >= 0.3 is 0 Å². The molecule has 3 atom stereocenters. The molecule has 0 saturated carbocycles. The van der Waals surface area contributed by atoms with Crippen LogP contribution in [0.25, 0.3) is 0 Å². The second-order valence-electron chi connectivity index (χ2n) is 5.27. The third-order valence-corrected chi connectivity index (χ3v) is 3.98. The first-order chi connectivity index (χ1) is 8.49. The lowest BCUT2D eigenvalue weighted by atomic mass is 9.92. The lowest BCUT2D eigenvalue weighted by molar-refractivity contribution is 0.124. The number of benzene rings is 1. The van der Waals surface area contributed by atoms with Crippen molar-refractivity contribution in [3.05, 3.63) is 35.4 Å². The van der Waals surface area contributed by atoms with E-state index in [1.165, 1.54) is 12.1 Å². The molecule has 1 fully saturated rings. The van der Waals surface area contributed by atoms with Gasteiger partial charge in [0.15, 0.2) is 11.6 Å². The van der Waals surface area contributed by atoms with Gasteiger partial charge in [0.25, 0.3) is 0 Å². The first kappa shape index (κ1) is 13.4. The van der Waals surface area contributed by atoms with Crippen LogP contribution in [0.5, 0.6) is 0 Å². The number of likely N-dealkylation sites (tertiary alicyclic amines) is 1. The van der Waals surface area contributed by atoms with E-state index in [2.05, 4.69) is 11.8 Å². The van der Waals surface area contributed by atoms with E-state index in [4.69, 9.17) is 5.73 Å². The Hall–Kier alpha value is -1.00. The summed E-state index contributed by atoms with van der Waals surface area (Å²) in [5.41, 5.74) is 6.80. The van der Waals surface area contributed by atoms with Crippen molar-refractivity contribution >= 4 is 0 Å². The Kier molecular flexibility index (Phi) is 3.97. The molecule has 0 aliphatic carbocycles. The van der Waals surface area contributed by atoms with Gasteiger partial charge in [-0.25, -0.2) is 8.78 Å². The largest absolute Gasteiger partial charge is 0.327 e. The fourth-order valence-electron chi connectivity index (χ4n) is 2.53. The van der Waals surface area contributed by atoms with Crippen molar-refractivity contribution in [3.8, 4) is 0 Å². The van der Waals surface area contributed by atoms with Crippen LogP contribution >= 0.6 is 0 Å². The molecule has 1 saturated heterocycles. The van der Waals surface area contributed by atoms with Gasteiger partial charge in [0.1, 0.15) is 0 Å². The van der Waals surface area contributed by atoms with Gasteiger partial charge in [0, 0.05) is 25.2 Å². The van der Waals surface area contributed by atoms with Crippen molar-refractivity contribution in [1.29, 1.82) is 0 Å². The number of rotatable bonds is 2. The van der Waals surface area contributed by atoms with E-state index in [0.717, 1.165) is 25.1 Å². The van der Waals surface area contributed by atoms with Gasteiger partial charge in [-0.05, 0) is 37.0 Å². The highest BCUT2D eigenvalue weighted by Crippen LogP contribution is 2.26. The zero-order valence-corrected chi connectivity index (χ0v) is 10.9. The summed E-state index contributed by atoms with van der Waals surface area (Å²) >= 11 is 0. The van der Waals surface area contributed by atoms with Crippen molar-refractivity contribution in [2.45, 2.75) is 32.4 Å².